The van der Waals surface area contributed by atoms with Crippen LogP contribution in [-0.2, 0) is 47.5 Å². The second-order valence-corrected chi connectivity index (χ2v) is 23.5. The van der Waals surface area contributed by atoms with Crippen LogP contribution in [0.5, 0.6) is 0 Å². The number of carboxylic acid groups (broad SMARTS) is 2. The third-order valence-corrected chi connectivity index (χ3v) is 19.9. The first-order valence-electron chi connectivity index (χ1n) is 24.4. The van der Waals surface area contributed by atoms with E-state index in [-0.39, 0.29) is 58.1 Å². The number of aliphatic hydroxyl groups excluding tert-OH is 6. The van der Waals surface area contributed by atoms with Gasteiger partial charge in [0.05, 0.1) is 24.2 Å². The third-order valence-electron chi connectivity index (χ3n) is 19.9. The number of aliphatic hydroxyl groups is 8. The molecule has 384 valence electrons. The van der Waals surface area contributed by atoms with Crippen molar-refractivity contribution in [1.82, 2.24) is 0 Å². The average Bonchev–Trinajstić information content (AvgIpc) is 3.54. The highest BCUT2D eigenvalue weighted by Gasteiger charge is 2.72. The molecule has 4 aliphatic heterocycles. The summed E-state index contributed by atoms with van der Waals surface area (Å²) in [5, 5.41) is 108. The monoisotopic (exact) mass is 968 g/mol. The number of esters is 1. The van der Waals surface area contributed by atoms with Crippen LogP contribution < -0.4 is 0 Å². The quantitative estimate of drug-likeness (QED) is 0.0658. The maximum Gasteiger partial charge on any atom is 0.335 e. The Morgan fingerprint density at radius 1 is 0.721 bits per heavy atom. The largest absolute Gasteiger partial charge is 0.479 e. The van der Waals surface area contributed by atoms with E-state index in [1.54, 1.807) is 0 Å². The topological polar surface area (TPSA) is 318 Å². The van der Waals surface area contributed by atoms with Gasteiger partial charge in [0.2, 0.25) is 0 Å². The van der Waals surface area contributed by atoms with E-state index in [9.17, 15) is 65.4 Å². The summed E-state index contributed by atoms with van der Waals surface area (Å²) in [6, 6.07) is 0. The van der Waals surface area contributed by atoms with Gasteiger partial charge in [0.25, 0.3) is 0 Å². The van der Waals surface area contributed by atoms with Gasteiger partial charge in [-0.15, -0.1) is 0 Å². The molecule has 20 nitrogen and oxygen atoms in total. The van der Waals surface area contributed by atoms with Gasteiger partial charge >= 0.3 is 17.9 Å². The number of aliphatic carboxylic acids is 2. The molecule has 4 saturated heterocycles. The third kappa shape index (κ3) is 7.31. The molecule has 2 bridgehead atoms. The summed E-state index contributed by atoms with van der Waals surface area (Å²) < 4.78 is 41.6. The van der Waals surface area contributed by atoms with Crippen molar-refractivity contribution in [2.24, 2.45) is 50.2 Å². The molecule has 9 rings (SSSR count). The molecule has 24 atom stereocenters. The zero-order chi connectivity index (χ0) is 49.6. The molecule has 4 heterocycles. The number of carboxylic acids is 2. The molecule has 0 aromatic heterocycles. The number of carbonyl (C=O) groups excluding carboxylic acids is 1. The zero-order valence-corrected chi connectivity index (χ0v) is 39.8. The summed E-state index contributed by atoms with van der Waals surface area (Å²) in [5.41, 5.74) is -0.866. The van der Waals surface area contributed by atoms with Crippen molar-refractivity contribution < 1.29 is 98.6 Å². The first-order valence-corrected chi connectivity index (χ1v) is 24.4. The van der Waals surface area contributed by atoms with Crippen LogP contribution in [0.15, 0.2) is 11.6 Å². The summed E-state index contributed by atoms with van der Waals surface area (Å²) in [5.74, 6) is -6.28. The average molecular weight is 969 g/mol. The van der Waals surface area contributed by atoms with E-state index in [0.29, 0.717) is 19.3 Å². The van der Waals surface area contributed by atoms with Gasteiger partial charge in [-0.1, -0.05) is 46.3 Å². The lowest BCUT2D eigenvalue weighted by atomic mass is 9.33. The van der Waals surface area contributed by atoms with Crippen molar-refractivity contribution in [3.63, 3.8) is 0 Å². The van der Waals surface area contributed by atoms with Crippen LogP contribution in [0.3, 0.4) is 0 Å². The van der Waals surface area contributed by atoms with Crippen LogP contribution in [0.2, 0.25) is 0 Å². The summed E-state index contributed by atoms with van der Waals surface area (Å²) in [6.45, 7) is 14.4. The van der Waals surface area contributed by atoms with Crippen molar-refractivity contribution in [1.29, 1.82) is 0 Å². The van der Waals surface area contributed by atoms with E-state index >= 15 is 0 Å². The Balaban J connectivity index is 1.00. The van der Waals surface area contributed by atoms with Crippen molar-refractivity contribution in [3.05, 3.63) is 11.6 Å². The first-order chi connectivity index (χ1) is 31.6. The fourth-order valence-corrected chi connectivity index (χ4v) is 15.5. The van der Waals surface area contributed by atoms with Crippen molar-refractivity contribution in [2.45, 2.75) is 211 Å². The van der Waals surface area contributed by atoms with Crippen molar-refractivity contribution in [3.8, 4) is 0 Å². The molecule has 0 spiro atoms. The van der Waals surface area contributed by atoms with Crippen LogP contribution in [0.1, 0.15) is 113 Å². The van der Waals surface area contributed by atoms with Crippen molar-refractivity contribution in [2.75, 3.05) is 6.61 Å². The Kier molecular flexibility index (Phi) is 12.5. The molecule has 8 fully saturated rings. The Hall–Kier alpha value is -2.41. The van der Waals surface area contributed by atoms with E-state index in [1.165, 1.54) is 12.5 Å². The Morgan fingerprint density at radius 3 is 2.09 bits per heavy atom. The summed E-state index contributed by atoms with van der Waals surface area (Å²) in [6.07, 6.45) is -17.8. The predicted octanol–water partition coefficient (Wildman–Crippen LogP) is 0.691. The first kappa shape index (κ1) is 50.5. The highest BCUT2D eigenvalue weighted by molar-refractivity contribution is 5.79. The molecule has 68 heavy (non-hydrogen) atoms. The normalized spacial score (nSPS) is 55.1. The summed E-state index contributed by atoms with van der Waals surface area (Å²) in [7, 11) is 0. The van der Waals surface area contributed by atoms with Gasteiger partial charge in [0, 0.05) is 23.7 Å². The van der Waals surface area contributed by atoms with E-state index < -0.39 is 121 Å². The molecule has 0 amide bonds. The smallest absolute Gasteiger partial charge is 0.335 e. The summed E-state index contributed by atoms with van der Waals surface area (Å²) in [4.78, 5) is 37.9. The lowest BCUT2D eigenvalue weighted by Crippen LogP contribution is -2.68. The maximum atomic E-state index is 13.2. The molecule has 0 aromatic rings. The molecule has 20 heteroatoms. The molecule has 0 aromatic carbocycles. The zero-order valence-electron chi connectivity index (χ0n) is 39.8. The van der Waals surface area contributed by atoms with E-state index in [1.807, 2.05) is 13.8 Å². The SMILES string of the molecule is C[C@@H]1OC(O[C@H]2C(O[C@H]3C(O[C@H]4CC[C@@]5(C)C(CC[C@]6(C)C5CC=C5C7C[C@]8(C)CC(OC8=O)[C@]7(C)CC[C@]56C)[C@@]4(C)CO)OC(C(=O)O)[C@@H](O)[C@@H]3O)OC(C(=O)O)CC2(O)O)[C@H](O)[C@H](O)[C@H]1O. The number of allylic oxidation sites excluding steroid dienone is 2. The minimum atomic E-state index is -3.12. The fraction of sp³-hybridized carbons (Fsp3) is 0.896. The van der Waals surface area contributed by atoms with Crippen LogP contribution in [-0.4, -0.2) is 173 Å². The Labute approximate surface area is 394 Å². The van der Waals surface area contributed by atoms with E-state index in [4.69, 9.17) is 33.2 Å². The standard InChI is InChI=1S/C48H72O20/c1-20-28(50)29(51)32(54)38(62-20)68-35-40(63-23(36(55)56)17-48(35,60)61)67-34-31(53)30(52)33(37(57)58)66-39(34)64-26-11-12-44(4)24(45(26,5)19-49)10-13-47(7)25(44)9-8-21-22-16-42(2)18-27(65-41(42)59)43(22,3)14-15-46(21,47)6/h8,20,22-35,38-40,49-54,60-61H,9-19H2,1-7H3,(H,55,56)(H,57,58)/t20-,22?,23?,24?,25?,26-,27?,28-,29+,30-,31-,32+,33?,34+,35-,38?,39?,40?,42+,43+,44-,45+,46+,47+/m0/s1. The number of ether oxygens (including phenoxy) is 7. The molecule has 4 saturated carbocycles. The maximum absolute atomic E-state index is 13.2. The molecule has 0 radical (unpaired) electrons. The van der Waals surface area contributed by atoms with Crippen molar-refractivity contribution >= 4 is 17.9 Å². The molecule has 9 unspecified atom stereocenters. The number of rotatable bonds is 9. The van der Waals surface area contributed by atoms with Gasteiger partial charge in [-0.25, -0.2) is 9.59 Å². The lowest BCUT2D eigenvalue weighted by molar-refractivity contribution is -0.418. The van der Waals surface area contributed by atoms with Gasteiger partial charge < -0.3 is 84.2 Å². The van der Waals surface area contributed by atoms with Gasteiger partial charge in [-0.2, -0.15) is 0 Å². The van der Waals surface area contributed by atoms with Gasteiger partial charge in [-0.3, -0.25) is 4.79 Å². The molecular weight excluding hydrogens is 897 g/mol. The Morgan fingerprint density at radius 2 is 1.43 bits per heavy atom. The minimum Gasteiger partial charge on any atom is -0.479 e. The lowest BCUT2D eigenvalue weighted by Gasteiger charge is -2.71. The second kappa shape index (κ2) is 16.8. The van der Waals surface area contributed by atoms with Crippen LogP contribution >= 0.6 is 0 Å². The number of hydrogen-bond donors (Lipinski definition) is 10. The van der Waals surface area contributed by atoms with E-state index in [0.717, 1.165) is 38.5 Å². The molecule has 10 N–H and O–H groups in total. The van der Waals surface area contributed by atoms with E-state index in [2.05, 4.69) is 33.8 Å². The predicted molar refractivity (Wildman–Crippen MR) is 229 cm³/mol. The number of hydrogen-bond acceptors (Lipinski definition) is 18. The van der Waals surface area contributed by atoms with Gasteiger partial charge in [-0.05, 0) is 99.2 Å². The number of fused-ring (bicyclic) bond motifs is 10. The highest BCUT2D eigenvalue weighted by Crippen LogP contribution is 2.76. The second-order valence-electron chi connectivity index (χ2n) is 23.5. The molecular formula is C48H72O20. The Bertz CT molecular complexity index is 2030. The molecule has 5 aliphatic carbocycles. The van der Waals surface area contributed by atoms with Crippen LogP contribution in [0, 0.1) is 50.2 Å². The number of carbonyl (C=O) groups is 3. The highest BCUT2D eigenvalue weighted by atomic mass is 16.8. The van der Waals surface area contributed by atoms with Crippen LogP contribution in [0.25, 0.3) is 0 Å². The van der Waals surface area contributed by atoms with Crippen LogP contribution in [0.4, 0.5) is 0 Å². The van der Waals surface area contributed by atoms with Gasteiger partial charge in [0.15, 0.2) is 43.0 Å². The minimum absolute atomic E-state index is 0.0927. The molecule has 9 aliphatic rings. The van der Waals surface area contributed by atoms with Gasteiger partial charge in [0.1, 0.15) is 42.7 Å². The fourth-order valence-electron chi connectivity index (χ4n) is 15.5. The summed E-state index contributed by atoms with van der Waals surface area (Å²) >= 11 is 0.